The fourth-order valence-corrected chi connectivity index (χ4v) is 2.70. The highest BCUT2D eigenvalue weighted by Crippen LogP contribution is 2.44. The van der Waals surface area contributed by atoms with Crippen molar-refractivity contribution in [1.29, 1.82) is 0 Å². The van der Waals surface area contributed by atoms with E-state index in [9.17, 15) is 4.79 Å². The third kappa shape index (κ3) is 1.52. The van der Waals surface area contributed by atoms with Gasteiger partial charge in [0.05, 0.1) is 5.69 Å². The summed E-state index contributed by atoms with van der Waals surface area (Å²) in [6.07, 6.45) is 4.53. The fraction of sp³-hybridized carbons (Fsp3) is 0.667. The Hall–Kier alpha value is -1.32. The van der Waals surface area contributed by atoms with E-state index in [0.29, 0.717) is 11.8 Å². The number of carbonyl (C=O) groups is 1. The van der Waals surface area contributed by atoms with E-state index in [1.54, 1.807) is 4.68 Å². The van der Waals surface area contributed by atoms with Gasteiger partial charge < -0.3 is 5.11 Å². The van der Waals surface area contributed by atoms with Gasteiger partial charge in [0.1, 0.15) is 6.54 Å². The van der Waals surface area contributed by atoms with Crippen LogP contribution in [0.25, 0.3) is 0 Å². The molecule has 1 atom stereocenters. The molecule has 1 heterocycles. The fourth-order valence-electron chi connectivity index (χ4n) is 2.70. The molecule has 4 heteroatoms. The lowest BCUT2D eigenvalue weighted by molar-refractivity contribution is -0.137. The van der Waals surface area contributed by atoms with Gasteiger partial charge in [0.2, 0.25) is 0 Å². The van der Waals surface area contributed by atoms with E-state index in [2.05, 4.69) is 12.0 Å². The minimum atomic E-state index is -0.799. The van der Waals surface area contributed by atoms with Crippen molar-refractivity contribution in [3.8, 4) is 0 Å². The Morgan fingerprint density at radius 1 is 1.50 bits per heavy atom. The zero-order valence-electron chi connectivity index (χ0n) is 9.44. The summed E-state index contributed by atoms with van der Waals surface area (Å²) in [5.41, 5.74) is 3.73. The molecule has 16 heavy (non-hydrogen) atoms. The van der Waals surface area contributed by atoms with Gasteiger partial charge in [-0.3, -0.25) is 9.48 Å². The summed E-state index contributed by atoms with van der Waals surface area (Å²) in [5.74, 6) is 0.465. The van der Waals surface area contributed by atoms with Gasteiger partial charge in [0.25, 0.3) is 0 Å². The predicted octanol–water partition coefficient (Wildman–Crippen LogP) is 1.58. The average Bonchev–Trinajstić information content (AvgIpc) is 2.89. The van der Waals surface area contributed by atoms with Crippen molar-refractivity contribution in [2.75, 3.05) is 0 Å². The molecule has 86 valence electrons. The van der Waals surface area contributed by atoms with Crippen LogP contribution in [0.15, 0.2) is 0 Å². The Bertz CT molecular complexity index is 446. The lowest BCUT2D eigenvalue weighted by Gasteiger charge is -2.03. The van der Waals surface area contributed by atoms with Crippen LogP contribution in [-0.4, -0.2) is 20.9 Å². The number of hydrogen-bond donors (Lipinski definition) is 1. The second-order valence-corrected chi connectivity index (χ2v) is 5.15. The van der Waals surface area contributed by atoms with Crippen molar-refractivity contribution in [3.05, 3.63) is 17.0 Å². The first-order chi connectivity index (χ1) is 7.65. The molecule has 0 saturated heterocycles. The molecule has 1 unspecified atom stereocenters. The molecular weight excluding hydrogens is 204 g/mol. The van der Waals surface area contributed by atoms with E-state index < -0.39 is 5.97 Å². The zero-order chi connectivity index (χ0) is 11.3. The van der Waals surface area contributed by atoms with E-state index in [1.807, 2.05) is 0 Å². The molecule has 1 aromatic heterocycles. The van der Waals surface area contributed by atoms with Crippen LogP contribution in [0, 0.1) is 5.92 Å². The van der Waals surface area contributed by atoms with E-state index in [1.165, 1.54) is 29.8 Å². The summed E-state index contributed by atoms with van der Waals surface area (Å²) >= 11 is 0. The summed E-state index contributed by atoms with van der Waals surface area (Å²) < 4.78 is 1.72. The van der Waals surface area contributed by atoms with Crippen LogP contribution in [0.3, 0.4) is 0 Å². The van der Waals surface area contributed by atoms with Gasteiger partial charge in [-0.05, 0) is 37.2 Å². The largest absolute Gasteiger partial charge is 0.480 e. The summed E-state index contributed by atoms with van der Waals surface area (Å²) in [7, 11) is 0. The molecule has 0 aliphatic heterocycles. The van der Waals surface area contributed by atoms with Crippen LogP contribution in [0.5, 0.6) is 0 Å². The number of nitrogens with zero attached hydrogens (tertiary/aromatic N) is 2. The number of hydrogen-bond acceptors (Lipinski definition) is 2. The molecule has 1 aromatic rings. The zero-order valence-corrected chi connectivity index (χ0v) is 9.44. The summed E-state index contributed by atoms with van der Waals surface area (Å²) in [6.45, 7) is 2.24. The Morgan fingerprint density at radius 3 is 2.88 bits per heavy atom. The minimum Gasteiger partial charge on any atom is -0.480 e. The van der Waals surface area contributed by atoms with Crippen LogP contribution in [0.4, 0.5) is 0 Å². The van der Waals surface area contributed by atoms with Crippen LogP contribution < -0.4 is 0 Å². The highest BCUT2D eigenvalue weighted by Gasteiger charge is 2.35. The number of rotatable bonds is 3. The first kappa shape index (κ1) is 9.87. The molecule has 2 aliphatic rings. The van der Waals surface area contributed by atoms with Gasteiger partial charge in [-0.1, -0.05) is 6.92 Å². The van der Waals surface area contributed by atoms with Gasteiger partial charge in [-0.2, -0.15) is 5.10 Å². The number of carboxylic acids is 1. The molecule has 0 amide bonds. The van der Waals surface area contributed by atoms with E-state index in [4.69, 9.17) is 5.11 Å². The van der Waals surface area contributed by atoms with Gasteiger partial charge in [0, 0.05) is 11.6 Å². The highest BCUT2D eigenvalue weighted by atomic mass is 16.4. The molecule has 1 saturated carbocycles. The molecule has 0 spiro atoms. The average molecular weight is 220 g/mol. The van der Waals surface area contributed by atoms with E-state index >= 15 is 0 Å². The maximum absolute atomic E-state index is 10.8. The van der Waals surface area contributed by atoms with Crippen LogP contribution in [0.2, 0.25) is 0 Å². The molecule has 1 fully saturated rings. The maximum Gasteiger partial charge on any atom is 0.325 e. The Labute approximate surface area is 94.3 Å². The number of aromatic nitrogens is 2. The van der Waals surface area contributed by atoms with Gasteiger partial charge >= 0.3 is 5.97 Å². The van der Waals surface area contributed by atoms with Crippen molar-refractivity contribution in [1.82, 2.24) is 9.78 Å². The second-order valence-electron chi connectivity index (χ2n) is 5.15. The lowest BCUT2D eigenvalue weighted by atomic mass is 10.1. The maximum atomic E-state index is 10.8. The molecule has 0 radical (unpaired) electrons. The standard InChI is InChI=1S/C12H16N2O2/c1-7-4-9-10(5-7)14(6-11(15)16)13-12(9)8-2-3-8/h7-8H,2-6H2,1H3,(H,15,16). The minimum absolute atomic E-state index is 0.0156. The SMILES string of the molecule is CC1Cc2c(C3CC3)nn(CC(=O)O)c2C1. The lowest BCUT2D eigenvalue weighted by Crippen LogP contribution is -2.13. The Kier molecular flexibility index (Phi) is 2.06. The van der Waals surface area contributed by atoms with Gasteiger partial charge in [-0.15, -0.1) is 0 Å². The van der Waals surface area contributed by atoms with Crippen LogP contribution in [-0.2, 0) is 24.2 Å². The van der Waals surface area contributed by atoms with Gasteiger partial charge in [0.15, 0.2) is 0 Å². The third-order valence-electron chi connectivity index (χ3n) is 3.54. The van der Waals surface area contributed by atoms with Crippen LogP contribution in [0.1, 0.15) is 42.6 Å². The topological polar surface area (TPSA) is 55.1 Å². The highest BCUT2D eigenvalue weighted by molar-refractivity contribution is 5.66. The number of carboxylic acid groups (broad SMARTS) is 1. The first-order valence-corrected chi connectivity index (χ1v) is 5.95. The van der Waals surface area contributed by atoms with Crippen molar-refractivity contribution < 1.29 is 9.90 Å². The second kappa shape index (κ2) is 3.34. The first-order valence-electron chi connectivity index (χ1n) is 5.95. The third-order valence-corrected chi connectivity index (χ3v) is 3.54. The Morgan fingerprint density at radius 2 is 2.25 bits per heavy atom. The summed E-state index contributed by atoms with van der Waals surface area (Å²) in [4.78, 5) is 10.8. The van der Waals surface area contributed by atoms with Crippen molar-refractivity contribution in [2.24, 2.45) is 5.92 Å². The molecule has 1 N–H and O–H groups in total. The van der Waals surface area contributed by atoms with Crippen molar-refractivity contribution >= 4 is 5.97 Å². The van der Waals surface area contributed by atoms with Crippen molar-refractivity contribution in [2.45, 2.75) is 45.1 Å². The van der Waals surface area contributed by atoms with Crippen molar-refractivity contribution in [3.63, 3.8) is 0 Å². The molecule has 0 aromatic carbocycles. The number of fused-ring (bicyclic) bond motifs is 1. The van der Waals surface area contributed by atoms with E-state index in [-0.39, 0.29) is 6.54 Å². The smallest absolute Gasteiger partial charge is 0.325 e. The monoisotopic (exact) mass is 220 g/mol. The van der Waals surface area contributed by atoms with Crippen LogP contribution >= 0.6 is 0 Å². The molecule has 2 aliphatic carbocycles. The predicted molar refractivity (Wildman–Crippen MR) is 58.4 cm³/mol. The normalized spacial score (nSPS) is 23.4. The number of aliphatic carboxylic acids is 1. The quantitative estimate of drug-likeness (QED) is 0.841. The molecular formula is C12H16N2O2. The molecule has 0 bridgehead atoms. The van der Waals surface area contributed by atoms with Gasteiger partial charge in [-0.25, -0.2) is 0 Å². The molecule has 4 nitrogen and oxygen atoms in total. The van der Waals surface area contributed by atoms with E-state index in [0.717, 1.165) is 12.8 Å². The summed E-state index contributed by atoms with van der Waals surface area (Å²) in [6, 6.07) is 0. The Balaban J connectivity index is 1.99. The molecule has 3 rings (SSSR count). The summed E-state index contributed by atoms with van der Waals surface area (Å²) in [5, 5.41) is 13.4.